The Morgan fingerprint density at radius 3 is 2.07 bits per heavy atom. The number of nitrogens with zero attached hydrogens (tertiary/aromatic N) is 2. The summed E-state index contributed by atoms with van der Waals surface area (Å²) in [6, 6.07) is 13.8. The van der Waals surface area contributed by atoms with Gasteiger partial charge in [-0.15, -0.1) is 0 Å². The average Bonchev–Trinajstić information content (AvgIpc) is 3.67. The molecular formula is C34H45N5O5. The van der Waals surface area contributed by atoms with Crippen LogP contribution in [0.1, 0.15) is 80.6 Å². The minimum atomic E-state index is -0.993. The van der Waals surface area contributed by atoms with E-state index in [0.717, 1.165) is 44.1 Å². The Kier molecular flexibility index (Phi) is 10.7. The minimum absolute atomic E-state index is 0.00801. The van der Waals surface area contributed by atoms with Gasteiger partial charge in [-0.25, -0.2) is 0 Å². The quantitative estimate of drug-likeness (QED) is 0.295. The highest BCUT2D eigenvalue weighted by molar-refractivity contribution is 6.03. The molecule has 1 aliphatic carbocycles. The zero-order valence-corrected chi connectivity index (χ0v) is 25.6. The molecule has 1 saturated carbocycles. The van der Waals surface area contributed by atoms with E-state index >= 15 is 0 Å². The van der Waals surface area contributed by atoms with E-state index in [2.05, 4.69) is 16.0 Å². The first-order chi connectivity index (χ1) is 21.3. The van der Waals surface area contributed by atoms with Crippen molar-refractivity contribution in [3.05, 3.63) is 59.7 Å². The summed E-state index contributed by atoms with van der Waals surface area (Å²) in [5.74, 6) is -0.517. The van der Waals surface area contributed by atoms with E-state index in [9.17, 15) is 24.3 Å². The lowest BCUT2D eigenvalue weighted by atomic mass is 9.95. The van der Waals surface area contributed by atoms with Gasteiger partial charge in [0.15, 0.2) is 0 Å². The van der Waals surface area contributed by atoms with Gasteiger partial charge < -0.3 is 30.9 Å². The number of aliphatic hydroxyl groups excluding tert-OH is 1. The van der Waals surface area contributed by atoms with Crippen molar-refractivity contribution in [3.8, 4) is 0 Å². The molecule has 2 heterocycles. The van der Waals surface area contributed by atoms with E-state index in [0.29, 0.717) is 49.3 Å². The average molecular weight is 604 g/mol. The minimum Gasteiger partial charge on any atom is -0.390 e. The molecule has 10 heteroatoms. The van der Waals surface area contributed by atoms with Crippen LogP contribution in [0.5, 0.6) is 0 Å². The normalized spacial score (nSPS) is 19.6. The Labute approximate surface area is 259 Å². The molecule has 2 saturated heterocycles. The van der Waals surface area contributed by atoms with Gasteiger partial charge >= 0.3 is 0 Å². The molecule has 0 unspecified atom stereocenters. The van der Waals surface area contributed by atoms with Crippen LogP contribution in [-0.4, -0.2) is 72.6 Å². The predicted molar refractivity (Wildman–Crippen MR) is 170 cm³/mol. The molecule has 4 N–H and O–H groups in total. The summed E-state index contributed by atoms with van der Waals surface area (Å²) < 4.78 is 0. The van der Waals surface area contributed by atoms with Gasteiger partial charge in [0.05, 0.1) is 18.2 Å². The molecule has 3 atom stereocenters. The summed E-state index contributed by atoms with van der Waals surface area (Å²) >= 11 is 0. The highest BCUT2D eigenvalue weighted by Gasteiger charge is 2.29. The first-order valence-electron chi connectivity index (χ1n) is 16.1. The number of rotatable bonds is 12. The molecular weight excluding hydrogens is 558 g/mol. The monoisotopic (exact) mass is 603 g/mol. The van der Waals surface area contributed by atoms with Gasteiger partial charge in [-0.2, -0.15) is 0 Å². The zero-order chi connectivity index (χ0) is 31.1. The van der Waals surface area contributed by atoms with Crippen LogP contribution >= 0.6 is 0 Å². The van der Waals surface area contributed by atoms with Crippen LogP contribution in [0.15, 0.2) is 48.5 Å². The predicted octanol–water partition coefficient (Wildman–Crippen LogP) is 3.07. The van der Waals surface area contributed by atoms with Crippen molar-refractivity contribution in [2.24, 2.45) is 0 Å². The van der Waals surface area contributed by atoms with E-state index in [-0.39, 0.29) is 30.3 Å². The molecule has 3 fully saturated rings. The van der Waals surface area contributed by atoms with Gasteiger partial charge in [-0.05, 0) is 62.8 Å². The van der Waals surface area contributed by atoms with Crippen molar-refractivity contribution in [1.29, 1.82) is 0 Å². The van der Waals surface area contributed by atoms with Crippen molar-refractivity contribution >= 4 is 35.0 Å². The van der Waals surface area contributed by atoms with Crippen molar-refractivity contribution in [2.75, 3.05) is 29.4 Å². The summed E-state index contributed by atoms with van der Waals surface area (Å²) in [5, 5.41) is 20.6. The number of benzene rings is 2. The third-order valence-electron chi connectivity index (χ3n) is 8.99. The molecule has 0 radical (unpaired) electrons. The van der Waals surface area contributed by atoms with Gasteiger partial charge in [0.1, 0.15) is 0 Å². The van der Waals surface area contributed by atoms with E-state index in [1.165, 1.54) is 6.42 Å². The lowest BCUT2D eigenvalue weighted by Crippen LogP contribution is -2.53. The van der Waals surface area contributed by atoms with Crippen LogP contribution in [0.3, 0.4) is 0 Å². The Bertz CT molecular complexity index is 1280. The molecule has 2 aromatic rings. The summed E-state index contributed by atoms with van der Waals surface area (Å²) in [5.41, 5.74) is 2.44. The second-order valence-electron chi connectivity index (χ2n) is 12.3. The number of anilines is 2. The Morgan fingerprint density at radius 1 is 0.886 bits per heavy atom. The van der Waals surface area contributed by atoms with Gasteiger partial charge in [-0.1, -0.05) is 49.6 Å². The summed E-state index contributed by atoms with van der Waals surface area (Å²) in [6.45, 7) is 3.00. The summed E-state index contributed by atoms with van der Waals surface area (Å²) in [6.07, 6.45) is 7.20. The van der Waals surface area contributed by atoms with Gasteiger partial charge in [-0.3, -0.25) is 19.2 Å². The van der Waals surface area contributed by atoms with Crippen LogP contribution in [0.2, 0.25) is 0 Å². The molecule has 5 rings (SSSR count). The first-order valence-corrected chi connectivity index (χ1v) is 16.1. The number of nitrogens with one attached hydrogen (secondary N) is 3. The number of carbonyl (C=O) groups excluding carboxylic acids is 4. The smallest absolute Gasteiger partial charge is 0.251 e. The van der Waals surface area contributed by atoms with Crippen LogP contribution in [0.25, 0.3) is 0 Å². The van der Waals surface area contributed by atoms with Crippen LogP contribution in [0, 0.1) is 0 Å². The van der Waals surface area contributed by atoms with Crippen molar-refractivity contribution in [1.82, 2.24) is 16.0 Å². The lowest BCUT2D eigenvalue weighted by Gasteiger charge is -2.28. The summed E-state index contributed by atoms with van der Waals surface area (Å²) in [4.78, 5) is 55.1. The number of amides is 4. The van der Waals surface area contributed by atoms with Crippen LogP contribution in [-0.2, 0) is 20.8 Å². The molecule has 44 heavy (non-hydrogen) atoms. The standard InChI is InChI=1S/C34H45N5O5/c1-23(33(43)36-26-12-6-3-7-13-26)35-22-30(40)29(18-24-10-4-2-5-11-24)37-34(44)25-19-27(38-16-8-14-31(38)41)21-28(20-25)39-17-9-15-32(39)42/h2,4-5,10-11,19-21,23,26,29-30,35,40H,3,6-9,12-18,22H2,1H3,(H,36,43)(H,37,44)/t23-,29-,30-/m0/s1. The highest BCUT2D eigenvalue weighted by Crippen LogP contribution is 2.31. The summed E-state index contributed by atoms with van der Waals surface area (Å²) in [7, 11) is 0. The Morgan fingerprint density at radius 2 is 1.50 bits per heavy atom. The second kappa shape index (κ2) is 14.8. The molecule has 0 spiro atoms. The maximum absolute atomic E-state index is 13.8. The number of aliphatic hydroxyl groups is 1. The maximum Gasteiger partial charge on any atom is 0.251 e. The van der Waals surface area contributed by atoms with E-state index in [4.69, 9.17) is 0 Å². The van der Waals surface area contributed by atoms with Crippen molar-refractivity contribution < 1.29 is 24.3 Å². The molecule has 236 valence electrons. The Balaban J connectivity index is 1.31. The Hall–Kier alpha value is -3.76. The molecule has 2 aromatic carbocycles. The van der Waals surface area contributed by atoms with Crippen molar-refractivity contribution in [2.45, 2.75) is 95.4 Å². The van der Waals surface area contributed by atoms with E-state index in [1.807, 2.05) is 36.4 Å². The first kappa shape index (κ1) is 31.7. The van der Waals surface area contributed by atoms with Crippen molar-refractivity contribution in [3.63, 3.8) is 0 Å². The fourth-order valence-electron chi connectivity index (χ4n) is 6.39. The maximum atomic E-state index is 13.8. The number of hydrogen-bond donors (Lipinski definition) is 4. The largest absolute Gasteiger partial charge is 0.390 e. The van der Waals surface area contributed by atoms with E-state index < -0.39 is 24.1 Å². The number of hydrogen-bond acceptors (Lipinski definition) is 6. The molecule has 3 aliphatic rings. The molecule has 0 aromatic heterocycles. The van der Waals surface area contributed by atoms with Gasteiger partial charge in [0.2, 0.25) is 17.7 Å². The van der Waals surface area contributed by atoms with Crippen LogP contribution in [0.4, 0.5) is 11.4 Å². The molecule has 2 aliphatic heterocycles. The molecule has 0 bridgehead atoms. The van der Waals surface area contributed by atoms with E-state index in [1.54, 1.807) is 28.9 Å². The topological polar surface area (TPSA) is 131 Å². The van der Waals surface area contributed by atoms with Gasteiger partial charge in [0, 0.05) is 55.5 Å². The highest BCUT2D eigenvalue weighted by atomic mass is 16.3. The third-order valence-corrected chi connectivity index (χ3v) is 8.99. The SMILES string of the molecule is C[C@H](NC[C@H](O)[C@H](Cc1ccccc1)NC(=O)c1cc(N2CCCC2=O)cc(N2CCCC2=O)c1)C(=O)NC1CCCCC1. The third kappa shape index (κ3) is 8.04. The van der Waals surface area contributed by atoms with Gasteiger partial charge in [0.25, 0.3) is 5.91 Å². The fraction of sp³-hybridized carbons (Fsp3) is 0.529. The lowest BCUT2D eigenvalue weighted by molar-refractivity contribution is -0.124. The van der Waals surface area contributed by atoms with Crippen LogP contribution < -0.4 is 25.8 Å². The molecule has 4 amide bonds. The fourth-order valence-corrected chi connectivity index (χ4v) is 6.39. The zero-order valence-electron chi connectivity index (χ0n) is 25.6. The second-order valence-corrected chi connectivity index (χ2v) is 12.3. The number of carbonyl (C=O) groups is 4. The molecule has 10 nitrogen and oxygen atoms in total.